The first kappa shape index (κ1) is 8.48. The highest BCUT2D eigenvalue weighted by Gasteiger charge is 2.07. The summed E-state index contributed by atoms with van der Waals surface area (Å²) in [6.07, 6.45) is 0. The van der Waals surface area contributed by atoms with Gasteiger partial charge in [0.25, 0.3) is 0 Å². The Hall–Kier alpha value is -1.12. The summed E-state index contributed by atoms with van der Waals surface area (Å²) >= 11 is 4.88. The zero-order chi connectivity index (χ0) is 9.26. The molecule has 0 spiro atoms. The fourth-order valence-electron chi connectivity index (χ4n) is 0.891. The van der Waals surface area contributed by atoms with Crippen LogP contribution in [0, 0.1) is 11.3 Å². The molecule has 0 radical (unpaired) electrons. The van der Waals surface area contributed by atoms with E-state index in [1.54, 1.807) is 6.07 Å². The Labute approximate surface area is 86.7 Å². The van der Waals surface area contributed by atoms with E-state index in [0.29, 0.717) is 11.5 Å². The first-order valence-electron chi connectivity index (χ1n) is 3.42. The lowest BCUT2D eigenvalue weighted by atomic mass is 10.3. The van der Waals surface area contributed by atoms with Crippen LogP contribution in [0.4, 0.5) is 0 Å². The Kier molecular flexibility index (Phi) is 2.17. The topological polar surface area (TPSA) is 49.8 Å². The van der Waals surface area contributed by atoms with Gasteiger partial charge in [0.2, 0.25) is 0 Å². The third-order valence-corrected chi connectivity index (χ3v) is 3.08. The Morgan fingerprint density at radius 2 is 2.38 bits per heavy atom. The molecule has 5 heteroatoms. The molecule has 0 aromatic carbocycles. The number of nitriles is 1. The molecule has 2 aromatic heterocycles. The molecule has 0 amide bonds. The smallest absolute Gasteiger partial charge is 0.184 e. The van der Waals surface area contributed by atoms with Gasteiger partial charge in [0.15, 0.2) is 11.5 Å². The molecule has 0 aliphatic carbocycles. The Morgan fingerprint density at radius 1 is 1.54 bits per heavy atom. The van der Waals surface area contributed by atoms with Gasteiger partial charge in [0.1, 0.15) is 6.07 Å². The summed E-state index contributed by atoms with van der Waals surface area (Å²) in [6.45, 7) is 0. The van der Waals surface area contributed by atoms with Crippen LogP contribution < -0.4 is 0 Å². The van der Waals surface area contributed by atoms with Crippen molar-refractivity contribution < 1.29 is 4.52 Å². The van der Waals surface area contributed by atoms with E-state index in [9.17, 15) is 0 Å². The zero-order valence-electron chi connectivity index (χ0n) is 6.32. The van der Waals surface area contributed by atoms with Crippen LogP contribution in [-0.2, 0) is 0 Å². The fraction of sp³-hybridized carbons (Fsp3) is 0. The number of hydrogen-bond donors (Lipinski definition) is 0. The minimum atomic E-state index is 0.305. The molecule has 2 heterocycles. The molecule has 0 aliphatic heterocycles. The van der Waals surface area contributed by atoms with Crippen LogP contribution in [0.2, 0.25) is 0 Å². The number of halogens is 1. The van der Waals surface area contributed by atoms with E-state index in [2.05, 4.69) is 21.1 Å². The molecular weight excluding hydrogens is 252 g/mol. The van der Waals surface area contributed by atoms with Crippen molar-refractivity contribution in [3.8, 4) is 16.7 Å². The maximum atomic E-state index is 8.52. The summed E-state index contributed by atoms with van der Waals surface area (Å²) in [5.74, 6) is 0.632. The van der Waals surface area contributed by atoms with Gasteiger partial charge in [0, 0.05) is 6.07 Å². The van der Waals surface area contributed by atoms with E-state index < -0.39 is 0 Å². The third kappa shape index (κ3) is 1.64. The van der Waals surface area contributed by atoms with Gasteiger partial charge in [0.05, 0.1) is 8.66 Å². The molecule has 64 valence electrons. The molecule has 0 fully saturated rings. The van der Waals surface area contributed by atoms with E-state index in [1.807, 2.05) is 18.2 Å². The number of thiophene rings is 1. The summed E-state index contributed by atoms with van der Waals surface area (Å²) in [5.41, 5.74) is 0.305. The molecule has 0 saturated carbocycles. The summed E-state index contributed by atoms with van der Waals surface area (Å²) in [5, 5.41) is 12.1. The van der Waals surface area contributed by atoms with Crippen molar-refractivity contribution in [2.75, 3.05) is 0 Å². The second-order valence-corrected chi connectivity index (χ2v) is 4.75. The summed E-state index contributed by atoms with van der Waals surface area (Å²) < 4.78 is 6.00. The lowest BCUT2D eigenvalue weighted by molar-refractivity contribution is 0.431. The van der Waals surface area contributed by atoms with E-state index in [4.69, 9.17) is 9.78 Å². The van der Waals surface area contributed by atoms with Crippen LogP contribution in [0.15, 0.2) is 26.5 Å². The van der Waals surface area contributed by atoms with Crippen molar-refractivity contribution in [3.05, 3.63) is 27.7 Å². The predicted octanol–water partition coefficient (Wildman–Crippen LogP) is 3.04. The van der Waals surface area contributed by atoms with Crippen LogP contribution in [0.5, 0.6) is 0 Å². The van der Waals surface area contributed by atoms with E-state index >= 15 is 0 Å². The average molecular weight is 255 g/mol. The molecule has 3 nitrogen and oxygen atoms in total. The summed E-state index contributed by atoms with van der Waals surface area (Å²) in [4.78, 5) is 0.959. The zero-order valence-corrected chi connectivity index (χ0v) is 8.72. The second kappa shape index (κ2) is 3.32. The number of hydrogen-bond acceptors (Lipinski definition) is 4. The standard InChI is InChI=1S/C8H3BrN2OS/c9-8-2-1-7(13-8)6-3-5(4-10)11-12-6/h1-3H. The molecule has 0 aliphatic rings. The molecule has 0 unspecified atom stereocenters. The van der Waals surface area contributed by atoms with Crippen molar-refractivity contribution in [1.29, 1.82) is 5.26 Å². The average Bonchev–Trinajstić information content (AvgIpc) is 2.71. The van der Waals surface area contributed by atoms with Crippen molar-refractivity contribution in [2.24, 2.45) is 0 Å². The molecule has 13 heavy (non-hydrogen) atoms. The van der Waals surface area contributed by atoms with Gasteiger partial charge in [-0.3, -0.25) is 0 Å². The van der Waals surface area contributed by atoms with Crippen molar-refractivity contribution in [2.45, 2.75) is 0 Å². The largest absolute Gasteiger partial charge is 0.354 e. The molecule has 0 saturated heterocycles. The third-order valence-electron chi connectivity index (χ3n) is 1.44. The predicted molar refractivity (Wildman–Crippen MR) is 52.2 cm³/mol. The van der Waals surface area contributed by atoms with E-state index in [0.717, 1.165) is 8.66 Å². The highest BCUT2D eigenvalue weighted by atomic mass is 79.9. The van der Waals surface area contributed by atoms with Crippen molar-refractivity contribution in [3.63, 3.8) is 0 Å². The van der Waals surface area contributed by atoms with E-state index in [-0.39, 0.29) is 0 Å². The number of aromatic nitrogens is 1. The van der Waals surface area contributed by atoms with Gasteiger partial charge in [-0.05, 0) is 28.1 Å². The maximum absolute atomic E-state index is 8.52. The minimum absolute atomic E-state index is 0.305. The van der Waals surface area contributed by atoms with Gasteiger partial charge in [-0.25, -0.2) is 0 Å². The molecule has 0 N–H and O–H groups in total. The molecular formula is C8H3BrN2OS. The normalized spacial score (nSPS) is 9.85. The van der Waals surface area contributed by atoms with Crippen molar-refractivity contribution >= 4 is 27.3 Å². The van der Waals surface area contributed by atoms with Crippen LogP contribution in [-0.4, -0.2) is 5.16 Å². The lowest BCUT2D eigenvalue weighted by Crippen LogP contribution is -1.64. The number of nitrogens with zero attached hydrogens (tertiary/aromatic N) is 2. The molecule has 2 rings (SSSR count). The van der Waals surface area contributed by atoms with E-state index in [1.165, 1.54) is 11.3 Å². The Morgan fingerprint density at radius 3 is 2.92 bits per heavy atom. The van der Waals surface area contributed by atoms with Crippen LogP contribution in [0.1, 0.15) is 5.69 Å². The van der Waals surface area contributed by atoms with Crippen LogP contribution >= 0.6 is 27.3 Å². The molecule has 0 atom stereocenters. The summed E-state index contributed by atoms with van der Waals surface area (Å²) in [7, 11) is 0. The van der Waals surface area contributed by atoms with Crippen LogP contribution in [0.3, 0.4) is 0 Å². The Bertz CT molecular complexity index is 468. The minimum Gasteiger partial charge on any atom is -0.354 e. The highest BCUT2D eigenvalue weighted by molar-refractivity contribution is 9.11. The fourth-order valence-corrected chi connectivity index (χ4v) is 2.23. The Balaban J connectivity index is 2.42. The van der Waals surface area contributed by atoms with Crippen molar-refractivity contribution in [1.82, 2.24) is 5.16 Å². The number of rotatable bonds is 1. The maximum Gasteiger partial charge on any atom is 0.184 e. The first-order chi connectivity index (χ1) is 6.29. The van der Waals surface area contributed by atoms with Crippen LogP contribution in [0.25, 0.3) is 10.6 Å². The van der Waals surface area contributed by atoms with Gasteiger partial charge in [-0.2, -0.15) is 5.26 Å². The molecule has 0 bridgehead atoms. The highest BCUT2D eigenvalue weighted by Crippen LogP contribution is 2.31. The quantitative estimate of drug-likeness (QED) is 0.786. The van der Waals surface area contributed by atoms with Gasteiger partial charge in [-0.15, -0.1) is 11.3 Å². The van der Waals surface area contributed by atoms with Gasteiger partial charge >= 0.3 is 0 Å². The monoisotopic (exact) mass is 254 g/mol. The molecule has 2 aromatic rings. The second-order valence-electron chi connectivity index (χ2n) is 2.29. The van der Waals surface area contributed by atoms with Gasteiger partial charge in [-0.1, -0.05) is 5.16 Å². The first-order valence-corrected chi connectivity index (χ1v) is 5.03. The SMILES string of the molecule is N#Cc1cc(-c2ccc(Br)s2)on1. The van der Waals surface area contributed by atoms with Gasteiger partial charge < -0.3 is 4.52 Å². The lowest BCUT2D eigenvalue weighted by Gasteiger charge is -1.83. The summed E-state index contributed by atoms with van der Waals surface area (Å²) in [6, 6.07) is 7.37.